The van der Waals surface area contributed by atoms with Crippen molar-refractivity contribution in [1.82, 2.24) is 9.80 Å². The number of amides is 1. The molecule has 1 amide bonds. The lowest BCUT2D eigenvalue weighted by Gasteiger charge is -2.38. The third kappa shape index (κ3) is 4.40. The average molecular weight is 338 g/mol. The Bertz CT molecular complexity index is 677. The first kappa shape index (κ1) is 17.5. The third-order valence-corrected chi connectivity index (χ3v) is 4.94. The number of ether oxygens (including phenoxy) is 1. The number of benzene rings is 2. The SMILES string of the molecule is COc1ccc(C(=O)N2CCN(C(C)Cc3ccccc3)CC2)cc1. The van der Waals surface area contributed by atoms with Gasteiger partial charge in [0.25, 0.3) is 5.91 Å². The van der Waals surface area contributed by atoms with Crippen molar-refractivity contribution in [3.8, 4) is 5.75 Å². The number of hydrogen-bond acceptors (Lipinski definition) is 3. The molecule has 1 unspecified atom stereocenters. The molecule has 0 radical (unpaired) electrons. The van der Waals surface area contributed by atoms with Gasteiger partial charge in [-0.1, -0.05) is 30.3 Å². The van der Waals surface area contributed by atoms with E-state index in [0.29, 0.717) is 6.04 Å². The van der Waals surface area contributed by atoms with Crippen molar-refractivity contribution >= 4 is 5.91 Å². The van der Waals surface area contributed by atoms with E-state index < -0.39 is 0 Å². The normalized spacial score (nSPS) is 16.5. The molecule has 0 bridgehead atoms. The fraction of sp³-hybridized carbons (Fsp3) is 0.381. The topological polar surface area (TPSA) is 32.8 Å². The van der Waals surface area contributed by atoms with Gasteiger partial charge in [-0.15, -0.1) is 0 Å². The second-order valence-corrected chi connectivity index (χ2v) is 6.60. The molecule has 2 aromatic carbocycles. The zero-order valence-electron chi connectivity index (χ0n) is 15.0. The Labute approximate surface area is 150 Å². The summed E-state index contributed by atoms with van der Waals surface area (Å²) in [5.74, 6) is 0.883. The Morgan fingerprint density at radius 3 is 2.24 bits per heavy atom. The molecule has 4 heteroatoms. The highest BCUT2D eigenvalue weighted by Crippen LogP contribution is 2.16. The van der Waals surface area contributed by atoms with Gasteiger partial charge in [0, 0.05) is 37.8 Å². The van der Waals surface area contributed by atoms with Crippen molar-refractivity contribution in [3.63, 3.8) is 0 Å². The molecule has 1 fully saturated rings. The minimum atomic E-state index is 0.109. The Hall–Kier alpha value is -2.33. The first-order valence-electron chi connectivity index (χ1n) is 8.88. The molecule has 1 atom stereocenters. The molecule has 1 saturated heterocycles. The van der Waals surface area contributed by atoms with E-state index in [1.165, 1.54) is 5.56 Å². The van der Waals surface area contributed by atoms with Crippen LogP contribution in [0.15, 0.2) is 54.6 Å². The average Bonchev–Trinajstić information content (AvgIpc) is 2.68. The van der Waals surface area contributed by atoms with Crippen LogP contribution in [-0.4, -0.2) is 55.0 Å². The molecule has 0 aromatic heterocycles. The second-order valence-electron chi connectivity index (χ2n) is 6.60. The summed E-state index contributed by atoms with van der Waals surface area (Å²) in [5.41, 5.74) is 2.10. The fourth-order valence-electron chi connectivity index (χ4n) is 3.37. The Balaban J connectivity index is 1.53. The van der Waals surface area contributed by atoms with Crippen molar-refractivity contribution in [2.75, 3.05) is 33.3 Å². The van der Waals surface area contributed by atoms with Gasteiger partial charge >= 0.3 is 0 Å². The Morgan fingerprint density at radius 2 is 1.64 bits per heavy atom. The highest BCUT2D eigenvalue weighted by molar-refractivity contribution is 5.94. The van der Waals surface area contributed by atoms with Crippen molar-refractivity contribution in [2.45, 2.75) is 19.4 Å². The van der Waals surface area contributed by atoms with Crippen molar-refractivity contribution in [1.29, 1.82) is 0 Å². The van der Waals surface area contributed by atoms with Gasteiger partial charge in [0.1, 0.15) is 5.75 Å². The van der Waals surface area contributed by atoms with Gasteiger partial charge < -0.3 is 9.64 Å². The van der Waals surface area contributed by atoms with Crippen LogP contribution in [0.1, 0.15) is 22.8 Å². The van der Waals surface area contributed by atoms with Gasteiger partial charge in [0.15, 0.2) is 0 Å². The zero-order valence-corrected chi connectivity index (χ0v) is 15.0. The Kier molecular flexibility index (Phi) is 5.71. The molecule has 0 saturated carbocycles. The molecule has 0 spiro atoms. The molecular weight excluding hydrogens is 312 g/mol. The van der Waals surface area contributed by atoms with Crippen LogP contribution in [0, 0.1) is 0 Å². The van der Waals surface area contributed by atoms with Crippen LogP contribution in [0.2, 0.25) is 0 Å². The van der Waals surface area contributed by atoms with Crippen LogP contribution in [0.4, 0.5) is 0 Å². The predicted octanol–water partition coefficient (Wildman–Crippen LogP) is 3.08. The summed E-state index contributed by atoms with van der Waals surface area (Å²) in [6.45, 7) is 5.69. The summed E-state index contributed by atoms with van der Waals surface area (Å²) in [5, 5.41) is 0. The van der Waals surface area contributed by atoms with Gasteiger partial charge in [-0.25, -0.2) is 0 Å². The van der Waals surface area contributed by atoms with E-state index in [0.717, 1.165) is 43.9 Å². The number of nitrogens with zero attached hydrogens (tertiary/aromatic N) is 2. The highest BCUT2D eigenvalue weighted by atomic mass is 16.5. The number of rotatable bonds is 5. The second kappa shape index (κ2) is 8.17. The number of methoxy groups -OCH3 is 1. The van der Waals surface area contributed by atoms with Gasteiger partial charge in [-0.3, -0.25) is 9.69 Å². The molecular formula is C21H26N2O2. The standard InChI is InChI=1S/C21H26N2O2/c1-17(16-18-6-4-3-5-7-18)22-12-14-23(15-13-22)21(24)19-8-10-20(25-2)11-9-19/h3-11,17H,12-16H2,1-2H3. The summed E-state index contributed by atoms with van der Waals surface area (Å²) in [4.78, 5) is 17.1. The number of carbonyl (C=O) groups is 1. The zero-order chi connectivity index (χ0) is 17.6. The molecule has 0 N–H and O–H groups in total. The minimum Gasteiger partial charge on any atom is -0.497 e. The maximum atomic E-state index is 12.6. The molecule has 2 aromatic rings. The summed E-state index contributed by atoms with van der Waals surface area (Å²) < 4.78 is 5.15. The van der Waals surface area contributed by atoms with Crippen LogP contribution in [0.5, 0.6) is 5.75 Å². The summed E-state index contributed by atoms with van der Waals surface area (Å²) in [7, 11) is 1.63. The van der Waals surface area contributed by atoms with E-state index >= 15 is 0 Å². The number of carbonyl (C=O) groups excluding carboxylic acids is 1. The lowest BCUT2D eigenvalue weighted by molar-refractivity contribution is 0.0582. The molecule has 3 rings (SSSR count). The van der Waals surface area contributed by atoms with Crippen molar-refractivity contribution < 1.29 is 9.53 Å². The van der Waals surface area contributed by atoms with Crippen LogP contribution in [-0.2, 0) is 6.42 Å². The third-order valence-electron chi connectivity index (χ3n) is 4.94. The molecule has 0 aliphatic carbocycles. The van der Waals surface area contributed by atoms with E-state index in [2.05, 4.69) is 42.2 Å². The van der Waals surface area contributed by atoms with Crippen LogP contribution in [0.25, 0.3) is 0 Å². The first-order valence-corrected chi connectivity index (χ1v) is 8.88. The molecule has 132 valence electrons. The van der Waals surface area contributed by atoms with E-state index in [1.54, 1.807) is 7.11 Å². The van der Waals surface area contributed by atoms with Crippen LogP contribution >= 0.6 is 0 Å². The van der Waals surface area contributed by atoms with E-state index in [9.17, 15) is 4.79 Å². The van der Waals surface area contributed by atoms with Crippen LogP contribution < -0.4 is 4.74 Å². The molecule has 1 aliphatic rings. The first-order chi connectivity index (χ1) is 12.2. The molecule has 25 heavy (non-hydrogen) atoms. The largest absolute Gasteiger partial charge is 0.497 e. The van der Waals surface area contributed by atoms with E-state index in [1.807, 2.05) is 29.2 Å². The molecule has 1 aliphatic heterocycles. The number of hydrogen-bond donors (Lipinski definition) is 0. The number of piperazine rings is 1. The van der Waals surface area contributed by atoms with Gasteiger partial charge in [-0.05, 0) is 43.2 Å². The minimum absolute atomic E-state index is 0.109. The van der Waals surface area contributed by atoms with Crippen molar-refractivity contribution in [2.24, 2.45) is 0 Å². The fourth-order valence-corrected chi connectivity index (χ4v) is 3.37. The predicted molar refractivity (Wildman–Crippen MR) is 100 cm³/mol. The Morgan fingerprint density at radius 1 is 1.00 bits per heavy atom. The van der Waals surface area contributed by atoms with Gasteiger partial charge in [0.05, 0.1) is 7.11 Å². The van der Waals surface area contributed by atoms with Crippen LogP contribution in [0.3, 0.4) is 0 Å². The van der Waals surface area contributed by atoms with Crippen molar-refractivity contribution in [3.05, 3.63) is 65.7 Å². The summed E-state index contributed by atoms with van der Waals surface area (Å²) >= 11 is 0. The smallest absolute Gasteiger partial charge is 0.253 e. The summed E-state index contributed by atoms with van der Waals surface area (Å²) in [6, 6.07) is 18.4. The van der Waals surface area contributed by atoms with Gasteiger partial charge in [0.2, 0.25) is 0 Å². The van der Waals surface area contributed by atoms with E-state index in [4.69, 9.17) is 4.74 Å². The lowest BCUT2D eigenvalue weighted by atomic mass is 10.1. The molecule has 1 heterocycles. The van der Waals surface area contributed by atoms with E-state index in [-0.39, 0.29) is 5.91 Å². The van der Waals surface area contributed by atoms with Gasteiger partial charge in [-0.2, -0.15) is 0 Å². The summed E-state index contributed by atoms with van der Waals surface area (Å²) in [6.07, 6.45) is 1.05. The maximum absolute atomic E-state index is 12.6. The molecule has 4 nitrogen and oxygen atoms in total. The quantitative estimate of drug-likeness (QED) is 0.840. The maximum Gasteiger partial charge on any atom is 0.253 e. The monoisotopic (exact) mass is 338 g/mol. The lowest BCUT2D eigenvalue weighted by Crippen LogP contribution is -2.51. The highest BCUT2D eigenvalue weighted by Gasteiger charge is 2.24.